The van der Waals surface area contributed by atoms with Crippen molar-refractivity contribution in [1.82, 2.24) is 0 Å². The van der Waals surface area contributed by atoms with Crippen molar-refractivity contribution in [2.45, 2.75) is 19.3 Å². The molecule has 0 saturated heterocycles. The maximum absolute atomic E-state index is 12.9. The molecule has 3 heteroatoms. The number of benzene rings is 2. The van der Waals surface area contributed by atoms with Gasteiger partial charge < -0.3 is 5.32 Å². The number of hydrogen-bond donors (Lipinski definition) is 1. The molecule has 0 aliphatic carbocycles. The highest BCUT2D eigenvalue weighted by molar-refractivity contribution is 6.03. The fourth-order valence-corrected chi connectivity index (χ4v) is 2.50. The van der Waals surface area contributed by atoms with Crippen LogP contribution in [0.2, 0.25) is 0 Å². The van der Waals surface area contributed by atoms with E-state index in [4.69, 9.17) is 0 Å². The van der Waals surface area contributed by atoms with E-state index in [1.165, 1.54) is 12.1 Å². The van der Waals surface area contributed by atoms with Crippen LogP contribution in [0.5, 0.6) is 0 Å². The Kier molecular flexibility index (Phi) is 2.82. The first kappa shape index (κ1) is 11.9. The Morgan fingerprint density at radius 3 is 2.63 bits per heavy atom. The van der Waals surface area contributed by atoms with Crippen molar-refractivity contribution < 1.29 is 9.18 Å². The molecule has 2 aromatic carbocycles. The van der Waals surface area contributed by atoms with Gasteiger partial charge in [-0.25, -0.2) is 4.39 Å². The monoisotopic (exact) mass is 255 g/mol. The molecule has 3 rings (SSSR count). The molecular formula is C16H14FNO. The maximum atomic E-state index is 12.9. The van der Waals surface area contributed by atoms with Crippen molar-refractivity contribution in [2.24, 2.45) is 0 Å². The molecular weight excluding hydrogens is 241 g/mol. The lowest BCUT2D eigenvalue weighted by Crippen LogP contribution is -2.14. The van der Waals surface area contributed by atoms with Crippen LogP contribution in [0.1, 0.15) is 22.6 Å². The number of halogens is 1. The molecule has 2 aromatic rings. The smallest absolute Gasteiger partial charge is 0.232 e. The SMILES string of the molecule is Cc1ccc2c(c1)C(Cc1ccc(F)cc1)C(=O)N2. The van der Waals surface area contributed by atoms with Gasteiger partial charge in [0.25, 0.3) is 0 Å². The van der Waals surface area contributed by atoms with E-state index < -0.39 is 0 Å². The van der Waals surface area contributed by atoms with Gasteiger partial charge in [-0.3, -0.25) is 4.79 Å². The highest BCUT2D eigenvalue weighted by atomic mass is 19.1. The zero-order chi connectivity index (χ0) is 13.4. The molecule has 0 fully saturated rings. The van der Waals surface area contributed by atoms with E-state index in [2.05, 4.69) is 5.32 Å². The van der Waals surface area contributed by atoms with Gasteiger partial charge in [0.15, 0.2) is 0 Å². The van der Waals surface area contributed by atoms with Crippen molar-refractivity contribution in [2.75, 3.05) is 5.32 Å². The number of hydrogen-bond acceptors (Lipinski definition) is 1. The molecule has 1 heterocycles. The summed E-state index contributed by atoms with van der Waals surface area (Å²) < 4.78 is 12.9. The first-order valence-corrected chi connectivity index (χ1v) is 6.29. The minimum absolute atomic E-state index is 0.0184. The Balaban J connectivity index is 1.91. The maximum Gasteiger partial charge on any atom is 0.232 e. The minimum atomic E-state index is -0.254. The largest absolute Gasteiger partial charge is 0.325 e. The molecule has 0 bridgehead atoms. The van der Waals surface area contributed by atoms with Crippen molar-refractivity contribution in [3.05, 3.63) is 65.0 Å². The van der Waals surface area contributed by atoms with E-state index in [0.29, 0.717) is 6.42 Å². The van der Waals surface area contributed by atoms with E-state index in [-0.39, 0.29) is 17.6 Å². The lowest BCUT2D eigenvalue weighted by Gasteiger charge is -2.09. The fourth-order valence-electron chi connectivity index (χ4n) is 2.50. The summed E-state index contributed by atoms with van der Waals surface area (Å²) in [7, 11) is 0. The number of carbonyl (C=O) groups is 1. The van der Waals surface area contributed by atoms with Crippen LogP contribution in [-0.2, 0) is 11.2 Å². The molecule has 19 heavy (non-hydrogen) atoms. The van der Waals surface area contributed by atoms with Crippen molar-refractivity contribution in [3.8, 4) is 0 Å². The third-order valence-electron chi connectivity index (χ3n) is 3.51. The first-order valence-electron chi connectivity index (χ1n) is 6.29. The Hall–Kier alpha value is -2.16. The lowest BCUT2D eigenvalue weighted by molar-refractivity contribution is -0.117. The third-order valence-corrected chi connectivity index (χ3v) is 3.51. The summed E-state index contributed by atoms with van der Waals surface area (Å²) in [5.41, 5.74) is 4.03. The predicted octanol–water partition coefficient (Wildman–Crippen LogP) is 3.41. The summed E-state index contributed by atoms with van der Waals surface area (Å²) in [6, 6.07) is 12.3. The van der Waals surface area contributed by atoms with Gasteiger partial charge in [-0.05, 0) is 42.7 Å². The molecule has 0 radical (unpaired) electrons. The molecule has 2 nitrogen and oxygen atoms in total. The predicted molar refractivity (Wildman–Crippen MR) is 72.7 cm³/mol. The summed E-state index contributed by atoms with van der Waals surface area (Å²) in [4.78, 5) is 12.0. The number of anilines is 1. The molecule has 1 atom stereocenters. The molecule has 1 amide bonds. The number of fused-ring (bicyclic) bond motifs is 1. The summed E-state index contributed by atoms with van der Waals surface area (Å²) in [6.45, 7) is 2.01. The Bertz CT molecular complexity index is 634. The average molecular weight is 255 g/mol. The van der Waals surface area contributed by atoms with Crippen molar-refractivity contribution >= 4 is 11.6 Å². The van der Waals surface area contributed by atoms with Crippen LogP contribution >= 0.6 is 0 Å². The molecule has 0 saturated carbocycles. The van der Waals surface area contributed by atoms with E-state index in [1.807, 2.05) is 25.1 Å². The van der Waals surface area contributed by atoms with Gasteiger partial charge in [0, 0.05) is 5.69 Å². The summed E-state index contributed by atoms with van der Waals surface area (Å²) >= 11 is 0. The fraction of sp³-hybridized carbons (Fsp3) is 0.188. The number of aryl methyl sites for hydroxylation is 1. The second-order valence-electron chi connectivity index (χ2n) is 4.96. The van der Waals surface area contributed by atoms with Gasteiger partial charge in [-0.15, -0.1) is 0 Å². The Labute approximate surface area is 111 Å². The summed E-state index contributed by atoms with van der Waals surface area (Å²) in [5, 5.41) is 2.89. The quantitative estimate of drug-likeness (QED) is 0.875. The van der Waals surface area contributed by atoms with E-state index in [1.54, 1.807) is 12.1 Å². The molecule has 1 aliphatic rings. The second kappa shape index (κ2) is 4.50. The standard InChI is InChI=1S/C16H14FNO/c1-10-2-7-15-13(8-10)14(16(19)18-15)9-11-3-5-12(17)6-4-11/h2-8,14H,9H2,1H3,(H,18,19). The van der Waals surface area contributed by atoms with Gasteiger partial charge >= 0.3 is 0 Å². The molecule has 0 aromatic heterocycles. The first-order chi connectivity index (χ1) is 9.13. The molecule has 1 unspecified atom stereocenters. The highest BCUT2D eigenvalue weighted by Crippen LogP contribution is 2.35. The second-order valence-corrected chi connectivity index (χ2v) is 4.96. The van der Waals surface area contributed by atoms with Crippen LogP contribution in [0.15, 0.2) is 42.5 Å². The zero-order valence-corrected chi connectivity index (χ0v) is 10.6. The van der Waals surface area contributed by atoms with Crippen LogP contribution in [0.25, 0.3) is 0 Å². The molecule has 1 aliphatic heterocycles. The van der Waals surface area contributed by atoms with Gasteiger partial charge in [-0.1, -0.05) is 29.8 Å². The highest BCUT2D eigenvalue weighted by Gasteiger charge is 2.30. The Morgan fingerprint density at radius 1 is 1.16 bits per heavy atom. The topological polar surface area (TPSA) is 29.1 Å². The van der Waals surface area contributed by atoms with Crippen LogP contribution in [-0.4, -0.2) is 5.91 Å². The lowest BCUT2D eigenvalue weighted by atomic mass is 9.92. The summed E-state index contributed by atoms with van der Waals surface area (Å²) in [6.07, 6.45) is 0.600. The molecule has 96 valence electrons. The summed E-state index contributed by atoms with van der Waals surface area (Å²) in [5.74, 6) is -0.416. The molecule has 0 spiro atoms. The number of nitrogens with one attached hydrogen (secondary N) is 1. The van der Waals surface area contributed by atoms with Crippen LogP contribution in [0, 0.1) is 12.7 Å². The normalized spacial score (nSPS) is 17.2. The van der Waals surface area contributed by atoms with E-state index >= 15 is 0 Å². The van der Waals surface area contributed by atoms with E-state index in [9.17, 15) is 9.18 Å². The number of carbonyl (C=O) groups excluding carboxylic acids is 1. The van der Waals surface area contributed by atoms with Crippen molar-refractivity contribution in [3.63, 3.8) is 0 Å². The Morgan fingerprint density at radius 2 is 1.89 bits per heavy atom. The number of amides is 1. The third kappa shape index (κ3) is 2.24. The van der Waals surface area contributed by atoms with Gasteiger partial charge in [-0.2, -0.15) is 0 Å². The van der Waals surface area contributed by atoms with Gasteiger partial charge in [0.05, 0.1) is 5.92 Å². The van der Waals surface area contributed by atoms with Crippen LogP contribution in [0.3, 0.4) is 0 Å². The molecule has 1 N–H and O–H groups in total. The van der Waals surface area contributed by atoms with Gasteiger partial charge in [0.1, 0.15) is 5.82 Å². The minimum Gasteiger partial charge on any atom is -0.325 e. The van der Waals surface area contributed by atoms with Crippen molar-refractivity contribution in [1.29, 1.82) is 0 Å². The van der Waals surface area contributed by atoms with E-state index in [0.717, 1.165) is 22.4 Å². The number of rotatable bonds is 2. The zero-order valence-electron chi connectivity index (χ0n) is 10.6. The average Bonchev–Trinajstić information content (AvgIpc) is 2.69. The van der Waals surface area contributed by atoms with Gasteiger partial charge in [0.2, 0.25) is 5.91 Å². The van der Waals surface area contributed by atoms with Crippen LogP contribution in [0.4, 0.5) is 10.1 Å². The van der Waals surface area contributed by atoms with Crippen LogP contribution < -0.4 is 5.32 Å².